The van der Waals surface area contributed by atoms with Crippen molar-refractivity contribution in [1.82, 2.24) is 25.1 Å². The number of benzene rings is 2. The second-order valence-electron chi connectivity index (χ2n) is 7.30. The zero-order chi connectivity index (χ0) is 21.8. The van der Waals surface area contributed by atoms with Gasteiger partial charge < -0.3 is 15.5 Å². The van der Waals surface area contributed by atoms with E-state index in [4.69, 9.17) is 0 Å². The van der Waals surface area contributed by atoms with E-state index in [2.05, 4.69) is 26.2 Å². The molecule has 0 saturated heterocycles. The smallest absolute Gasteiger partial charge is 0.322 e. The van der Waals surface area contributed by atoms with Crippen molar-refractivity contribution in [2.45, 2.75) is 27.7 Å². The van der Waals surface area contributed by atoms with E-state index in [1.165, 1.54) is 4.90 Å². The first-order chi connectivity index (χ1) is 14.2. The molecule has 0 aliphatic rings. The number of amides is 3. The Morgan fingerprint density at radius 3 is 2.37 bits per heavy atom. The maximum atomic E-state index is 12.5. The van der Waals surface area contributed by atoms with Crippen LogP contribution in [-0.4, -0.2) is 50.6 Å². The van der Waals surface area contributed by atoms with E-state index in [9.17, 15) is 9.59 Å². The molecule has 9 heteroatoms. The number of hydrogen-bond donors (Lipinski definition) is 2. The van der Waals surface area contributed by atoms with E-state index in [0.717, 1.165) is 28.1 Å². The molecule has 0 aliphatic heterocycles. The summed E-state index contributed by atoms with van der Waals surface area (Å²) in [6.45, 7) is 7.62. The van der Waals surface area contributed by atoms with Gasteiger partial charge in [0.25, 0.3) is 0 Å². The lowest BCUT2D eigenvalue weighted by molar-refractivity contribution is -0.116. The average molecular weight is 407 g/mol. The van der Waals surface area contributed by atoms with Gasteiger partial charge in [-0.1, -0.05) is 23.8 Å². The number of hydrogen-bond acceptors (Lipinski definition) is 5. The van der Waals surface area contributed by atoms with Crippen molar-refractivity contribution < 1.29 is 9.59 Å². The number of anilines is 2. The number of rotatable bonds is 5. The molecular formula is C21H25N7O2. The summed E-state index contributed by atoms with van der Waals surface area (Å²) in [5.74, 6) is 0.370. The Hall–Kier alpha value is -3.75. The molecule has 0 radical (unpaired) electrons. The Labute approximate surface area is 175 Å². The first kappa shape index (κ1) is 21.0. The minimum Gasteiger partial charge on any atom is -0.324 e. The van der Waals surface area contributed by atoms with Crippen LogP contribution in [0.15, 0.2) is 36.4 Å². The number of carbonyl (C=O) groups is 2. The first-order valence-electron chi connectivity index (χ1n) is 9.50. The van der Waals surface area contributed by atoms with Crippen molar-refractivity contribution in [3.8, 4) is 5.69 Å². The molecule has 1 heterocycles. The summed E-state index contributed by atoms with van der Waals surface area (Å²) in [6.07, 6.45) is 0. The highest BCUT2D eigenvalue weighted by Crippen LogP contribution is 2.22. The van der Waals surface area contributed by atoms with Crippen LogP contribution in [0.1, 0.15) is 22.5 Å². The monoisotopic (exact) mass is 407 g/mol. The van der Waals surface area contributed by atoms with Crippen molar-refractivity contribution in [3.05, 3.63) is 58.9 Å². The van der Waals surface area contributed by atoms with Gasteiger partial charge in [0, 0.05) is 18.4 Å². The van der Waals surface area contributed by atoms with Gasteiger partial charge >= 0.3 is 6.03 Å². The quantitative estimate of drug-likeness (QED) is 0.676. The Kier molecular flexibility index (Phi) is 6.10. The lowest BCUT2D eigenvalue weighted by Crippen LogP contribution is -2.37. The van der Waals surface area contributed by atoms with Gasteiger partial charge in [-0.05, 0) is 67.4 Å². The number of aromatic nitrogens is 4. The predicted molar refractivity (Wildman–Crippen MR) is 115 cm³/mol. The van der Waals surface area contributed by atoms with Gasteiger partial charge in [-0.15, -0.1) is 5.10 Å². The van der Waals surface area contributed by atoms with Crippen LogP contribution in [0, 0.1) is 27.7 Å². The molecule has 156 valence electrons. The molecule has 3 aromatic rings. The fourth-order valence-corrected chi connectivity index (χ4v) is 3.25. The van der Waals surface area contributed by atoms with E-state index in [1.807, 2.05) is 39.0 Å². The number of tetrazole rings is 1. The molecule has 9 nitrogen and oxygen atoms in total. The predicted octanol–water partition coefficient (Wildman–Crippen LogP) is 3.00. The van der Waals surface area contributed by atoms with Crippen LogP contribution in [-0.2, 0) is 4.79 Å². The van der Waals surface area contributed by atoms with Crippen molar-refractivity contribution in [3.63, 3.8) is 0 Å². The third-order valence-electron chi connectivity index (χ3n) is 4.64. The van der Waals surface area contributed by atoms with Crippen LogP contribution in [0.4, 0.5) is 16.2 Å². The molecule has 0 fully saturated rings. The molecule has 0 aliphatic carbocycles. The van der Waals surface area contributed by atoms with Crippen LogP contribution in [0.25, 0.3) is 5.69 Å². The highest BCUT2D eigenvalue weighted by molar-refractivity contribution is 5.97. The molecule has 0 bridgehead atoms. The zero-order valence-corrected chi connectivity index (χ0v) is 17.7. The highest BCUT2D eigenvalue weighted by atomic mass is 16.2. The normalized spacial score (nSPS) is 10.6. The molecule has 2 aromatic carbocycles. The van der Waals surface area contributed by atoms with Crippen LogP contribution in [0.2, 0.25) is 0 Å². The Morgan fingerprint density at radius 2 is 1.73 bits per heavy atom. The molecule has 0 atom stereocenters. The van der Waals surface area contributed by atoms with E-state index < -0.39 is 6.03 Å². The number of carbonyl (C=O) groups excluding carboxylic acids is 2. The third kappa shape index (κ3) is 4.80. The lowest BCUT2D eigenvalue weighted by Gasteiger charge is -2.19. The molecule has 3 amide bonds. The average Bonchev–Trinajstić information content (AvgIpc) is 3.10. The summed E-state index contributed by atoms with van der Waals surface area (Å²) in [7, 11) is 1.57. The van der Waals surface area contributed by atoms with Crippen LogP contribution in [0.5, 0.6) is 0 Å². The zero-order valence-electron chi connectivity index (χ0n) is 17.7. The summed E-state index contributed by atoms with van der Waals surface area (Å²) in [4.78, 5) is 26.3. The number of nitrogens with zero attached hydrogens (tertiary/aromatic N) is 5. The first-order valence-corrected chi connectivity index (χ1v) is 9.50. The standard InChI is InChI=1S/C21H25N7O2/c1-13-9-14(2)20(15(3)10-13)23-19(29)12-27(5)21(30)22-17-7-6-8-18(11-17)28-16(4)24-25-26-28/h6-11H,12H2,1-5H3,(H,22,30)(H,23,29). The Bertz CT molecular complexity index is 1070. The minimum absolute atomic E-state index is 0.0790. The van der Waals surface area contributed by atoms with Gasteiger partial charge in [-0.2, -0.15) is 4.68 Å². The van der Waals surface area contributed by atoms with Gasteiger partial charge in [0.05, 0.1) is 5.69 Å². The van der Waals surface area contributed by atoms with Gasteiger partial charge in [0.2, 0.25) is 5.91 Å². The van der Waals surface area contributed by atoms with E-state index >= 15 is 0 Å². The van der Waals surface area contributed by atoms with Crippen molar-refractivity contribution in [1.29, 1.82) is 0 Å². The number of likely N-dealkylation sites (N-methyl/N-ethyl adjacent to an activating group) is 1. The molecule has 2 N–H and O–H groups in total. The molecule has 30 heavy (non-hydrogen) atoms. The Morgan fingerprint density at radius 1 is 1.03 bits per heavy atom. The van der Waals surface area contributed by atoms with E-state index in [0.29, 0.717) is 11.5 Å². The number of nitrogens with one attached hydrogen (secondary N) is 2. The maximum absolute atomic E-state index is 12.5. The SMILES string of the molecule is Cc1cc(C)c(NC(=O)CN(C)C(=O)Nc2cccc(-n3nnnc3C)c2)c(C)c1. The second kappa shape index (κ2) is 8.73. The molecule has 3 rings (SSSR count). The second-order valence-corrected chi connectivity index (χ2v) is 7.30. The summed E-state index contributed by atoms with van der Waals surface area (Å²) < 4.78 is 1.57. The van der Waals surface area contributed by atoms with Crippen LogP contribution in [0.3, 0.4) is 0 Å². The molecule has 0 unspecified atom stereocenters. The Balaban J connectivity index is 1.63. The highest BCUT2D eigenvalue weighted by Gasteiger charge is 2.15. The van der Waals surface area contributed by atoms with Gasteiger partial charge in [0.1, 0.15) is 6.54 Å². The van der Waals surface area contributed by atoms with Crippen molar-refractivity contribution in [2.75, 3.05) is 24.2 Å². The molecule has 1 aromatic heterocycles. The van der Waals surface area contributed by atoms with E-state index in [-0.39, 0.29) is 12.5 Å². The van der Waals surface area contributed by atoms with Gasteiger partial charge in [-0.3, -0.25) is 4.79 Å². The van der Waals surface area contributed by atoms with Gasteiger partial charge in [0.15, 0.2) is 5.82 Å². The fourth-order valence-electron chi connectivity index (χ4n) is 3.25. The van der Waals surface area contributed by atoms with Gasteiger partial charge in [-0.25, -0.2) is 4.79 Å². The fraction of sp³-hybridized carbons (Fsp3) is 0.286. The summed E-state index contributed by atoms with van der Waals surface area (Å²) >= 11 is 0. The largest absolute Gasteiger partial charge is 0.324 e. The number of aryl methyl sites for hydroxylation is 4. The van der Waals surface area contributed by atoms with Crippen molar-refractivity contribution in [2.24, 2.45) is 0 Å². The maximum Gasteiger partial charge on any atom is 0.322 e. The minimum atomic E-state index is -0.395. The molecule has 0 saturated carbocycles. The van der Waals surface area contributed by atoms with Crippen LogP contribution < -0.4 is 10.6 Å². The summed E-state index contributed by atoms with van der Waals surface area (Å²) in [5, 5.41) is 17.1. The third-order valence-corrected chi connectivity index (χ3v) is 4.64. The molecular weight excluding hydrogens is 382 g/mol. The van der Waals surface area contributed by atoms with Crippen molar-refractivity contribution >= 4 is 23.3 Å². The van der Waals surface area contributed by atoms with E-state index in [1.54, 1.807) is 36.9 Å². The topological polar surface area (TPSA) is 105 Å². The summed E-state index contributed by atoms with van der Waals surface area (Å²) in [5.41, 5.74) is 5.19. The van der Waals surface area contributed by atoms with Crippen LogP contribution >= 0.6 is 0 Å². The number of urea groups is 1. The molecule has 0 spiro atoms. The summed E-state index contributed by atoms with van der Waals surface area (Å²) in [6, 6.07) is 10.8. The lowest BCUT2D eigenvalue weighted by atomic mass is 10.1.